The average Bonchev–Trinajstić information content (AvgIpc) is 3.34. The Hall–Kier alpha value is -1.60. The second kappa shape index (κ2) is 7.79. The molecule has 1 aromatic rings. The van der Waals surface area contributed by atoms with Gasteiger partial charge in [0.15, 0.2) is 0 Å². The van der Waals surface area contributed by atoms with E-state index in [9.17, 15) is 13.2 Å². The van der Waals surface area contributed by atoms with Crippen LogP contribution < -0.4 is 10.1 Å². The highest BCUT2D eigenvalue weighted by Gasteiger charge is 2.29. The van der Waals surface area contributed by atoms with E-state index >= 15 is 0 Å². The zero-order valence-electron chi connectivity index (χ0n) is 13.6. The number of ether oxygens (including phenoxy) is 1. The fraction of sp³-hybridized carbons (Fsp3) is 0.562. The molecule has 1 N–H and O–H groups in total. The van der Waals surface area contributed by atoms with Crippen LogP contribution in [0.5, 0.6) is 5.75 Å². The highest BCUT2D eigenvalue weighted by molar-refractivity contribution is 7.88. The van der Waals surface area contributed by atoms with Crippen molar-refractivity contribution in [1.82, 2.24) is 9.62 Å². The van der Waals surface area contributed by atoms with Gasteiger partial charge in [-0.25, -0.2) is 12.7 Å². The lowest BCUT2D eigenvalue weighted by Gasteiger charge is -2.20. The molecule has 1 aromatic carbocycles. The largest absolute Gasteiger partial charge is 0.497 e. The number of sulfonamides is 1. The Morgan fingerprint density at radius 3 is 2.70 bits per heavy atom. The summed E-state index contributed by atoms with van der Waals surface area (Å²) in [6, 6.07) is 7.58. The van der Waals surface area contributed by atoms with Crippen molar-refractivity contribution < 1.29 is 17.9 Å². The molecule has 0 radical (unpaired) electrons. The Bertz CT molecular complexity index is 641. The van der Waals surface area contributed by atoms with Crippen LogP contribution >= 0.6 is 0 Å². The number of carbonyl (C=O) groups excluding carboxylic acids is 1. The minimum Gasteiger partial charge on any atom is -0.497 e. The topological polar surface area (TPSA) is 75.7 Å². The third-order valence-corrected chi connectivity index (χ3v) is 5.16. The number of carbonyl (C=O) groups is 1. The van der Waals surface area contributed by atoms with Crippen LogP contribution in [-0.2, 0) is 21.2 Å². The summed E-state index contributed by atoms with van der Waals surface area (Å²) in [6.45, 7) is 1.02. The highest BCUT2D eigenvalue weighted by atomic mass is 32.2. The number of methoxy groups -OCH3 is 1. The average molecular weight is 340 g/mol. The van der Waals surface area contributed by atoms with Crippen LogP contribution in [0.4, 0.5) is 0 Å². The van der Waals surface area contributed by atoms with E-state index in [1.165, 1.54) is 10.6 Å². The van der Waals surface area contributed by atoms with E-state index in [1.54, 1.807) is 7.11 Å². The molecule has 0 spiro atoms. The first-order valence-corrected chi connectivity index (χ1v) is 9.61. The molecular formula is C16H24N2O4S. The van der Waals surface area contributed by atoms with Crippen LogP contribution in [0.25, 0.3) is 0 Å². The van der Waals surface area contributed by atoms with Crippen LogP contribution in [0, 0.1) is 5.92 Å². The molecule has 1 amide bonds. The first-order chi connectivity index (χ1) is 10.9. The fourth-order valence-corrected chi connectivity index (χ4v) is 3.16. The van der Waals surface area contributed by atoms with Crippen molar-refractivity contribution in [3.8, 4) is 5.75 Å². The van der Waals surface area contributed by atoms with Gasteiger partial charge in [-0.05, 0) is 37.0 Å². The summed E-state index contributed by atoms with van der Waals surface area (Å²) in [4.78, 5) is 11.6. The van der Waals surface area contributed by atoms with E-state index in [0.29, 0.717) is 26.1 Å². The van der Waals surface area contributed by atoms with Crippen LogP contribution in [0.2, 0.25) is 0 Å². The Morgan fingerprint density at radius 1 is 1.35 bits per heavy atom. The lowest BCUT2D eigenvalue weighted by molar-refractivity contribution is -0.122. The lowest BCUT2D eigenvalue weighted by atomic mass is 10.1. The minimum atomic E-state index is -3.30. The summed E-state index contributed by atoms with van der Waals surface area (Å²) in [5.74, 6) is 0.926. The van der Waals surface area contributed by atoms with Gasteiger partial charge in [0.05, 0.1) is 13.4 Å². The first-order valence-electron chi connectivity index (χ1n) is 7.76. The zero-order chi connectivity index (χ0) is 16.9. The van der Waals surface area contributed by atoms with Gasteiger partial charge in [0, 0.05) is 25.6 Å². The summed E-state index contributed by atoms with van der Waals surface area (Å²) in [7, 11) is -1.70. The molecule has 0 unspecified atom stereocenters. The molecule has 1 fully saturated rings. The minimum absolute atomic E-state index is 0.0336. The summed E-state index contributed by atoms with van der Waals surface area (Å²) in [5.41, 5.74) is 1.01. The number of hydrogen-bond donors (Lipinski definition) is 1. The van der Waals surface area contributed by atoms with Crippen molar-refractivity contribution in [1.29, 1.82) is 0 Å². The number of nitrogens with zero attached hydrogens (tertiary/aromatic N) is 1. The maximum atomic E-state index is 11.9. The quantitative estimate of drug-likeness (QED) is 0.728. The van der Waals surface area contributed by atoms with Gasteiger partial charge in [0.1, 0.15) is 5.75 Å². The predicted octanol–water partition coefficient (Wildman–Crippen LogP) is 1.03. The monoisotopic (exact) mass is 340 g/mol. The molecule has 128 valence electrons. The molecule has 0 heterocycles. The number of amides is 1. The summed E-state index contributed by atoms with van der Waals surface area (Å²) >= 11 is 0. The van der Waals surface area contributed by atoms with Crippen molar-refractivity contribution >= 4 is 15.9 Å². The molecule has 23 heavy (non-hydrogen) atoms. The summed E-state index contributed by atoms with van der Waals surface area (Å²) in [5, 5.41) is 2.80. The lowest BCUT2D eigenvalue weighted by Crippen LogP contribution is -2.39. The first kappa shape index (κ1) is 17.7. The molecule has 2 rings (SSSR count). The van der Waals surface area contributed by atoms with Crippen molar-refractivity contribution in [3.63, 3.8) is 0 Å². The van der Waals surface area contributed by atoms with Gasteiger partial charge >= 0.3 is 0 Å². The number of rotatable bonds is 9. The molecule has 0 atom stereocenters. The van der Waals surface area contributed by atoms with Crippen LogP contribution in [0.3, 0.4) is 0 Å². The third kappa shape index (κ3) is 5.84. The molecule has 1 saturated carbocycles. The Kier molecular flexibility index (Phi) is 6.01. The van der Waals surface area contributed by atoms with E-state index < -0.39 is 10.0 Å². The van der Waals surface area contributed by atoms with Crippen molar-refractivity contribution in [2.45, 2.75) is 19.3 Å². The smallest absolute Gasteiger partial charge is 0.223 e. The molecule has 1 aliphatic rings. The Morgan fingerprint density at radius 2 is 2.09 bits per heavy atom. The van der Waals surface area contributed by atoms with E-state index in [1.807, 2.05) is 24.3 Å². The molecule has 1 aliphatic carbocycles. The van der Waals surface area contributed by atoms with Gasteiger partial charge in [0.2, 0.25) is 15.9 Å². The number of hydrogen-bond acceptors (Lipinski definition) is 4. The van der Waals surface area contributed by atoms with Crippen molar-refractivity contribution in [2.75, 3.05) is 33.0 Å². The fourth-order valence-electron chi connectivity index (χ4n) is 2.32. The van der Waals surface area contributed by atoms with Crippen LogP contribution in [-0.4, -0.2) is 51.6 Å². The van der Waals surface area contributed by atoms with Gasteiger partial charge < -0.3 is 10.1 Å². The highest BCUT2D eigenvalue weighted by Crippen LogP contribution is 2.28. The Balaban J connectivity index is 1.86. The molecule has 7 heteroatoms. The van der Waals surface area contributed by atoms with E-state index in [-0.39, 0.29) is 11.8 Å². The molecule has 0 aromatic heterocycles. The van der Waals surface area contributed by atoms with Gasteiger partial charge in [-0.15, -0.1) is 0 Å². The van der Waals surface area contributed by atoms with Crippen molar-refractivity contribution in [3.05, 3.63) is 29.8 Å². The molecule has 6 nitrogen and oxygen atoms in total. The second-order valence-electron chi connectivity index (χ2n) is 5.83. The summed E-state index contributed by atoms with van der Waals surface area (Å²) < 4.78 is 30.3. The normalized spacial score (nSPS) is 14.7. The SMILES string of the molecule is COc1cccc(CCN(CCNC(=O)C2CC2)S(C)(=O)=O)c1. The van der Waals surface area contributed by atoms with E-state index in [2.05, 4.69) is 5.32 Å². The van der Waals surface area contributed by atoms with Gasteiger partial charge in [-0.2, -0.15) is 0 Å². The second-order valence-corrected chi connectivity index (χ2v) is 7.81. The van der Waals surface area contributed by atoms with Crippen molar-refractivity contribution in [2.24, 2.45) is 5.92 Å². The molecule has 0 aliphatic heterocycles. The predicted molar refractivity (Wildman–Crippen MR) is 88.8 cm³/mol. The molecule has 0 bridgehead atoms. The van der Waals surface area contributed by atoms with Gasteiger partial charge in [0.25, 0.3) is 0 Å². The standard InChI is InChI=1S/C16H24N2O4S/c1-22-15-5-3-4-13(12-15)8-10-18(23(2,20)21)11-9-17-16(19)14-6-7-14/h3-5,12,14H,6-11H2,1-2H3,(H,17,19). The third-order valence-electron chi connectivity index (χ3n) is 3.86. The molecular weight excluding hydrogens is 316 g/mol. The maximum Gasteiger partial charge on any atom is 0.223 e. The number of benzene rings is 1. The maximum absolute atomic E-state index is 11.9. The van der Waals surface area contributed by atoms with Crippen LogP contribution in [0.15, 0.2) is 24.3 Å². The van der Waals surface area contributed by atoms with Gasteiger partial charge in [-0.1, -0.05) is 12.1 Å². The Labute approximate surface area is 137 Å². The number of nitrogens with one attached hydrogen (secondary N) is 1. The summed E-state index contributed by atoms with van der Waals surface area (Å²) in [6.07, 6.45) is 3.68. The van der Waals surface area contributed by atoms with Crippen LogP contribution in [0.1, 0.15) is 18.4 Å². The van der Waals surface area contributed by atoms with Gasteiger partial charge in [-0.3, -0.25) is 4.79 Å². The molecule has 0 saturated heterocycles. The zero-order valence-corrected chi connectivity index (χ0v) is 14.4. The van der Waals surface area contributed by atoms with E-state index in [0.717, 1.165) is 24.2 Å². The van der Waals surface area contributed by atoms with E-state index in [4.69, 9.17) is 4.74 Å².